The van der Waals surface area contributed by atoms with Gasteiger partial charge in [-0.2, -0.15) is 4.31 Å². The predicted molar refractivity (Wildman–Crippen MR) is 92.0 cm³/mol. The predicted octanol–water partition coefficient (Wildman–Crippen LogP) is 2.67. The van der Waals surface area contributed by atoms with E-state index in [2.05, 4.69) is 0 Å². The zero-order chi connectivity index (χ0) is 17.7. The van der Waals surface area contributed by atoms with Crippen LogP contribution in [-0.2, 0) is 26.2 Å². The lowest BCUT2D eigenvalue weighted by Gasteiger charge is -2.16. The molecule has 2 rings (SSSR count). The van der Waals surface area contributed by atoms with Gasteiger partial charge in [0.05, 0.1) is 4.90 Å². The minimum atomic E-state index is -3.71. The molecule has 0 unspecified atom stereocenters. The number of ether oxygens (including phenoxy) is 1. The van der Waals surface area contributed by atoms with Crippen LogP contribution in [0.15, 0.2) is 53.4 Å². The molecule has 2 aromatic rings. The van der Waals surface area contributed by atoms with E-state index in [0.29, 0.717) is 0 Å². The van der Waals surface area contributed by atoms with Gasteiger partial charge in [-0.25, -0.2) is 8.42 Å². The second-order valence-electron chi connectivity index (χ2n) is 5.72. The van der Waals surface area contributed by atoms with Crippen molar-refractivity contribution in [3.8, 4) is 0 Å². The van der Waals surface area contributed by atoms with E-state index in [0.717, 1.165) is 21.0 Å². The Morgan fingerprint density at radius 2 is 1.71 bits per heavy atom. The van der Waals surface area contributed by atoms with Crippen molar-refractivity contribution < 1.29 is 17.9 Å². The van der Waals surface area contributed by atoms with Crippen molar-refractivity contribution in [3.05, 3.63) is 65.2 Å². The highest BCUT2D eigenvalue weighted by Gasteiger charge is 2.23. The fourth-order valence-corrected chi connectivity index (χ4v) is 3.28. The average Bonchev–Trinajstić information content (AvgIpc) is 2.53. The molecule has 128 valence electrons. The van der Waals surface area contributed by atoms with E-state index in [9.17, 15) is 13.2 Å². The van der Waals surface area contributed by atoms with Crippen LogP contribution in [0.1, 0.15) is 16.7 Å². The normalized spacial score (nSPS) is 11.5. The van der Waals surface area contributed by atoms with Crippen molar-refractivity contribution in [1.29, 1.82) is 0 Å². The third-order valence-corrected chi connectivity index (χ3v) is 5.38. The number of esters is 1. The van der Waals surface area contributed by atoms with Gasteiger partial charge >= 0.3 is 5.97 Å². The van der Waals surface area contributed by atoms with E-state index in [1.54, 1.807) is 12.1 Å². The molecule has 0 spiro atoms. The zero-order valence-electron chi connectivity index (χ0n) is 14.0. The first kappa shape index (κ1) is 18.2. The van der Waals surface area contributed by atoms with Gasteiger partial charge in [0.25, 0.3) is 0 Å². The number of hydrogen-bond acceptors (Lipinski definition) is 4. The molecular formula is C18H21NO4S. The highest BCUT2D eigenvalue weighted by molar-refractivity contribution is 7.89. The number of nitrogens with zero attached hydrogens (tertiary/aromatic N) is 1. The molecule has 0 atom stereocenters. The Hall–Kier alpha value is -2.18. The highest BCUT2D eigenvalue weighted by atomic mass is 32.2. The third kappa shape index (κ3) is 4.66. The van der Waals surface area contributed by atoms with Gasteiger partial charge in [-0.1, -0.05) is 47.5 Å². The zero-order valence-corrected chi connectivity index (χ0v) is 14.8. The maximum atomic E-state index is 12.4. The van der Waals surface area contributed by atoms with Gasteiger partial charge in [0, 0.05) is 7.05 Å². The van der Waals surface area contributed by atoms with Gasteiger partial charge in [-0.05, 0) is 31.5 Å². The summed E-state index contributed by atoms with van der Waals surface area (Å²) >= 11 is 0. The van der Waals surface area contributed by atoms with Gasteiger partial charge < -0.3 is 4.74 Å². The lowest BCUT2D eigenvalue weighted by Crippen LogP contribution is -2.33. The summed E-state index contributed by atoms with van der Waals surface area (Å²) in [5.41, 5.74) is 2.91. The SMILES string of the molecule is Cc1ccc(S(=O)(=O)N(C)CC(=O)OCc2cccc(C)c2)cc1. The fraction of sp³-hybridized carbons (Fsp3) is 0.278. The van der Waals surface area contributed by atoms with Crippen LogP contribution in [0.4, 0.5) is 0 Å². The highest BCUT2D eigenvalue weighted by Crippen LogP contribution is 2.15. The second kappa shape index (κ2) is 7.59. The summed E-state index contributed by atoms with van der Waals surface area (Å²) in [7, 11) is -2.34. The molecule has 0 radical (unpaired) electrons. The summed E-state index contributed by atoms with van der Waals surface area (Å²) in [5.74, 6) is -0.588. The molecule has 0 aromatic heterocycles. The van der Waals surface area contributed by atoms with Crippen LogP contribution in [0, 0.1) is 13.8 Å². The molecule has 0 saturated carbocycles. The Bertz CT molecular complexity index is 813. The Balaban J connectivity index is 1.96. The molecule has 2 aromatic carbocycles. The molecule has 0 bridgehead atoms. The first-order valence-electron chi connectivity index (χ1n) is 7.53. The molecule has 6 heteroatoms. The second-order valence-corrected chi connectivity index (χ2v) is 7.77. The number of benzene rings is 2. The van der Waals surface area contributed by atoms with E-state index < -0.39 is 16.0 Å². The lowest BCUT2D eigenvalue weighted by molar-refractivity contribution is -0.144. The summed E-state index contributed by atoms with van der Waals surface area (Å²) < 4.78 is 31.0. The van der Waals surface area contributed by atoms with Crippen LogP contribution in [0.5, 0.6) is 0 Å². The summed E-state index contributed by atoms with van der Waals surface area (Å²) in [6.45, 7) is 3.62. The molecule has 0 heterocycles. The van der Waals surface area contributed by atoms with Crippen LogP contribution in [0.3, 0.4) is 0 Å². The van der Waals surface area contributed by atoms with Crippen LogP contribution < -0.4 is 0 Å². The number of carbonyl (C=O) groups is 1. The van der Waals surface area contributed by atoms with E-state index in [1.807, 2.05) is 38.1 Å². The lowest BCUT2D eigenvalue weighted by atomic mass is 10.1. The number of likely N-dealkylation sites (N-methyl/N-ethyl adjacent to an activating group) is 1. The van der Waals surface area contributed by atoms with Crippen molar-refractivity contribution in [2.45, 2.75) is 25.3 Å². The number of carbonyl (C=O) groups excluding carboxylic acids is 1. The Labute approximate surface area is 142 Å². The summed E-state index contributed by atoms with van der Waals surface area (Å²) in [5, 5.41) is 0. The Morgan fingerprint density at radius 3 is 2.33 bits per heavy atom. The largest absolute Gasteiger partial charge is 0.460 e. The Morgan fingerprint density at radius 1 is 1.04 bits per heavy atom. The van der Waals surface area contributed by atoms with Crippen molar-refractivity contribution in [2.75, 3.05) is 13.6 Å². The number of hydrogen-bond donors (Lipinski definition) is 0. The number of sulfonamides is 1. The average molecular weight is 347 g/mol. The smallest absolute Gasteiger partial charge is 0.321 e. The molecule has 0 amide bonds. The van der Waals surface area contributed by atoms with Gasteiger partial charge in [-0.3, -0.25) is 4.79 Å². The Kier molecular flexibility index (Phi) is 5.75. The van der Waals surface area contributed by atoms with E-state index >= 15 is 0 Å². The minimum Gasteiger partial charge on any atom is -0.460 e. The van der Waals surface area contributed by atoms with E-state index in [1.165, 1.54) is 19.2 Å². The van der Waals surface area contributed by atoms with Gasteiger partial charge in [-0.15, -0.1) is 0 Å². The molecule has 0 saturated heterocycles. The molecule has 0 N–H and O–H groups in total. The van der Waals surface area contributed by atoms with Crippen molar-refractivity contribution >= 4 is 16.0 Å². The molecular weight excluding hydrogens is 326 g/mol. The maximum Gasteiger partial charge on any atom is 0.321 e. The van der Waals surface area contributed by atoms with E-state index in [4.69, 9.17) is 4.74 Å². The molecule has 0 aliphatic carbocycles. The van der Waals surface area contributed by atoms with Crippen LogP contribution in [-0.4, -0.2) is 32.3 Å². The van der Waals surface area contributed by atoms with Gasteiger partial charge in [0.2, 0.25) is 10.0 Å². The summed E-state index contributed by atoms with van der Waals surface area (Å²) in [4.78, 5) is 12.1. The van der Waals surface area contributed by atoms with Crippen molar-refractivity contribution in [1.82, 2.24) is 4.31 Å². The third-order valence-electron chi connectivity index (χ3n) is 3.56. The molecule has 0 aliphatic heterocycles. The summed E-state index contributed by atoms with van der Waals surface area (Å²) in [6.07, 6.45) is 0. The summed E-state index contributed by atoms with van der Waals surface area (Å²) in [6, 6.07) is 14.1. The number of aryl methyl sites for hydroxylation is 2. The molecule has 0 fully saturated rings. The topological polar surface area (TPSA) is 63.7 Å². The molecule has 24 heavy (non-hydrogen) atoms. The van der Waals surface area contributed by atoms with Gasteiger partial charge in [0.15, 0.2) is 0 Å². The first-order valence-corrected chi connectivity index (χ1v) is 8.97. The first-order chi connectivity index (χ1) is 11.3. The van der Waals surface area contributed by atoms with Gasteiger partial charge in [0.1, 0.15) is 13.2 Å². The van der Waals surface area contributed by atoms with Crippen LogP contribution in [0.25, 0.3) is 0 Å². The fourth-order valence-electron chi connectivity index (χ4n) is 2.17. The van der Waals surface area contributed by atoms with Crippen LogP contribution >= 0.6 is 0 Å². The minimum absolute atomic E-state index is 0.124. The quantitative estimate of drug-likeness (QED) is 0.754. The van der Waals surface area contributed by atoms with Crippen molar-refractivity contribution in [3.63, 3.8) is 0 Å². The van der Waals surface area contributed by atoms with Crippen molar-refractivity contribution in [2.24, 2.45) is 0 Å². The monoisotopic (exact) mass is 347 g/mol. The number of rotatable bonds is 6. The maximum absolute atomic E-state index is 12.4. The molecule has 5 nitrogen and oxygen atoms in total. The van der Waals surface area contributed by atoms with Crippen LogP contribution in [0.2, 0.25) is 0 Å². The standard InChI is InChI=1S/C18H21NO4S/c1-14-7-9-17(10-8-14)24(21,22)19(3)12-18(20)23-13-16-6-4-5-15(2)11-16/h4-11H,12-13H2,1-3H3. The van der Waals surface area contributed by atoms with E-state index in [-0.39, 0.29) is 18.0 Å². The molecule has 0 aliphatic rings.